The van der Waals surface area contributed by atoms with Crippen LogP contribution < -0.4 is 10.6 Å². The summed E-state index contributed by atoms with van der Waals surface area (Å²) in [6.45, 7) is 1.95. The molecule has 5 nitrogen and oxygen atoms in total. The molecule has 0 radical (unpaired) electrons. The molecule has 1 saturated carbocycles. The van der Waals surface area contributed by atoms with Gasteiger partial charge in [-0.15, -0.1) is 0 Å². The van der Waals surface area contributed by atoms with E-state index in [2.05, 4.69) is 26.6 Å². The molecule has 0 heterocycles. The van der Waals surface area contributed by atoms with Gasteiger partial charge in [0.05, 0.1) is 5.69 Å². The van der Waals surface area contributed by atoms with Crippen molar-refractivity contribution in [3.63, 3.8) is 0 Å². The Kier molecular flexibility index (Phi) is 3.80. The van der Waals surface area contributed by atoms with Gasteiger partial charge in [0.1, 0.15) is 5.54 Å². The van der Waals surface area contributed by atoms with Crippen LogP contribution in [0.25, 0.3) is 0 Å². The molecule has 102 valence electrons. The minimum atomic E-state index is -1.10. The Labute approximate surface area is 119 Å². The average Bonchev–Trinajstić information content (AvgIpc) is 2.27. The quantitative estimate of drug-likeness (QED) is 0.799. The van der Waals surface area contributed by atoms with Crippen LogP contribution in [-0.4, -0.2) is 22.6 Å². The lowest BCUT2D eigenvalue weighted by Gasteiger charge is -2.38. The molecule has 1 aromatic rings. The summed E-state index contributed by atoms with van der Waals surface area (Å²) < 4.78 is 0.764. The van der Waals surface area contributed by atoms with Crippen LogP contribution >= 0.6 is 15.9 Å². The van der Waals surface area contributed by atoms with Gasteiger partial charge in [-0.05, 0) is 59.8 Å². The summed E-state index contributed by atoms with van der Waals surface area (Å²) in [5.41, 5.74) is 0.586. The Morgan fingerprint density at radius 1 is 1.37 bits per heavy atom. The number of benzene rings is 1. The maximum absolute atomic E-state index is 11.9. The van der Waals surface area contributed by atoms with Gasteiger partial charge in [0.15, 0.2) is 0 Å². The monoisotopic (exact) mass is 326 g/mol. The molecule has 1 aliphatic rings. The highest BCUT2D eigenvalue weighted by molar-refractivity contribution is 9.10. The molecule has 19 heavy (non-hydrogen) atoms. The second-order valence-electron chi connectivity index (χ2n) is 4.80. The van der Waals surface area contributed by atoms with Gasteiger partial charge >= 0.3 is 12.0 Å². The first kappa shape index (κ1) is 13.9. The fourth-order valence-electron chi connectivity index (χ4n) is 2.02. The number of carbonyl (C=O) groups is 2. The molecular weight excluding hydrogens is 312 g/mol. The number of halogens is 1. The van der Waals surface area contributed by atoms with E-state index in [0.717, 1.165) is 16.5 Å². The Balaban J connectivity index is 2.03. The zero-order valence-electron chi connectivity index (χ0n) is 10.5. The zero-order valence-corrected chi connectivity index (χ0v) is 12.1. The largest absolute Gasteiger partial charge is 0.480 e. The van der Waals surface area contributed by atoms with Crippen LogP contribution in [0.2, 0.25) is 0 Å². The van der Waals surface area contributed by atoms with Crippen LogP contribution in [0.3, 0.4) is 0 Å². The Hall–Kier alpha value is -1.56. The SMILES string of the molecule is Cc1ccc(NC(=O)NC2(C(=O)O)CCC2)c(Br)c1. The first-order chi connectivity index (χ1) is 8.93. The van der Waals surface area contributed by atoms with Crippen molar-refractivity contribution in [2.75, 3.05) is 5.32 Å². The molecule has 0 atom stereocenters. The van der Waals surface area contributed by atoms with Gasteiger partial charge in [0, 0.05) is 4.47 Å². The number of aryl methyl sites for hydroxylation is 1. The van der Waals surface area contributed by atoms with E-state index < -0.39 is 17.5 Å². The number of carbonyl (C=O) groups excluding carboxylic acids is 1. The van der Waals surface area contributed by atoms with Gasteiger partial charge in [0.2, 0.25) is 0 Å². The summed E-state index contributed by atoms with van der Waals surface area (Å²) in [4.78, 5) is 23.0. The molecule has 0 aliphatic heterocycles. The molecule has 0 bridgehead atoms. The van der Waals surface area contributed by atoms with Crippen molar-refractivity contribution in [3.05, 3.63) is 28.2 Å². The molecule has 1 fully saturated rings. The van der Waals surface area contributed by atoms with E-state index in [1.165, 1.54) is 0 Å². The smallest absolute Gasteiger partial charge is 0.329 e. The number of urea groups is 1. The van der Waals surface area contributed by atoms with Crippen molar-refractivity contribution in [1.29, 1.82) is 0 Å². The molecule has 0 aromatic heterocycles. The number of hydrogen-bond donors (Lipinski definition) is 3. The van der Waals surface area contributed by atoms with Gasteiger partial charge in [-0.1, -0.05) is 6.07 Å². The van der Waals surface area contributed by atoms with Crippen molar-refractivity contribution in [3.8, 4) is 0 Å². The summed E-state index contributed by atoms with van der Waals surface area (Å²) in [6.07, 6.45) is 1.77. The number of nitrogens with one attached hydrogen (secondary N) is 2. The minimum Gasteiger partial charge on any atom is -0.480 e. The molecule has 2 amide bonds. The highest BCUT2D eigenvalue weighted by atomic mass is 79.9. The van der Waals surface area contributed by atoms with Crippen molar-refractivity contribution >= 4 is 33.6 Å². The minimum absolute atomic E-state index is 0.477. The third-order valence-corrected chi connectivity index (χ3v) is 4.00. The molecule has 1 aliphatic carbocycles. The summed E-state index contributed by atoms with van der Waals surface area (Å²) >= 11 is 3.36. The fraction of sp³-hybridized carbons (Fsp3) is 0.385. The number of rotatable bonds is 3. The first-order valence-electron chi connectivity index (χ1n) is 6.02. The topological polar surface area (TPSA) is 78.4 Å². The Bertz CT molecular complexity index is 527. The summed E-state index contributed by atoms with van der Waals surface area (Å²) in [6, 6.07) is 5.03. The molecule has 6 heteroatoms. The van der Waals surface area contributed by atoms with Crippen LogP contribution in [0.5, 0.6) is 0 Å². The molecule has 0 unspecified atom stereocenters. The number of hydrogen-bond acceptors (Lipinski definition) is 2. The predicted molar refractivity (Wildman–Crippen MR) is 75.3 cm³/mol. The predicted octanol–water partition coefficient (Wildman–Crippen LogP) is 2.89. The summed E-state index contributed by atoms with van der Waals surface area (Å²) in [5, 5.41) is 14.3. The number of anilines is 1. The lowest BCUT2D eigenvalue weighted by atomic mass is 9.77. The van der Waals surface area contributed by atoms with E-state index >= 15 is 0 Å². The van der Waals surface area contributed by atoms with E-state index in [0.29, 0.717) is 18.5 Å². The summed E-state index contributed by atoms with van der Waals surface area (Å²) in [7, 11) is 0. The third kappa shape index (κ3) is 2.89. The molecule has 0 spiro atoms. The van der Waals surface area contributed by atoms with E-state index in [1.807, 2.05) is 19.1 Å². The number of carboxylic acids is 1. The van der Waals surface area contributed by atoms with E-state index in [1.54, 1.807) is 6.07 Å². The third-order valence-electron chi connectivity index (χ3n) is 3.34. The van der Waals surface area contributed by atoms with Crippen LogP contribution in [0.15, 0.2) is 22.7 Å². The van der Waals surface area contributed by atoms with Crippen LogP contribution in [0, 0.1) is 6.92 Å². The second-order valence-corrected chi connectivity index (χ2v) is 5.66. The van der Waals surface area contributed by atoms with Gasteiger partial charge in [-0.3, -0.25) is 0 Å². The van der Waals surface area contributed by atoms with Crippen LogP contribution in [0.1, 0.15) is 24.8 Å². The molecule has 3 N–H and O–H groups in total. The van der Waals surface area contributed by atoms with E-state index in [-0.39, 0.29) is 0 Å². The standard InChI is InChI=1S/C13H15BrN2O3/c1-8-3-4-10(9(14)7-8)15-12(19)16-13(11(17)18)5-2-6-13/h3-4,7H,2,5-6H2,1H3,(H,17,18)(H2,15,16,19). The van der Waals surface area contributed by atoms with Crippen LogP contribution in [0.4, 0.5) is 10.5 Å². The Morgan fingerprint density at radius 3 is 2.53 bits per heavy atom. The van der Waals surface area contributed by atoms with Gasteiger partial charge < -0.3 is 15.7 Å². The van der Waals surface area contributed by atoms with Gasteiger partial charge in [-0.25, -0.2) is 9.59 Å². The van der Waals surface area contributed by atoms with E-state index in [9.17, 15) is 9.59 Å². The van der Waals surface area contributed by atoms with Crippen molar-refractivity contribution in [2.45, 2.75) is 31.7 Å². The lowest BCUT2D eigenvalue weighted by Crippen LogP contribution is -2.60. The molecule has 0 saturated heterocycles. The lowest BCUT2D eigenvalue weighted by molar-refractivity contribution is -0.148. The first-order valence-corrected chi connectivity index (χ1v) is 6.81. The maximum atomic E-state index is 11.9. The molecule has 1 aromatic carbocycles. The van der Waals surface area contributed by atoms with Crippen LogP contribution in [-0.2, 0) is 4.79 Å². The number of carboxylic acid groups (broad SMARTS) is 1. The Morgan fingerprint density at radius 2 is 2.05 bits per heavy atom. The highest BCUT2D eigenvalue weighted by Crippen LogP contribution is 2.32. The molecular formula is C13H15BrN2O3. The normalized spacial score (nSPS) is 16.3. The van der Waals surface area contributed by atoms with Crippen molar-refractivity contribution in [1.82, 2.24) is 5.32 Å². The van der Waals surface area contributed by atoms with Crippen molar-refractivity contribution in [2.24, 2.45) is 0 Å². The number of amides is 2. The average molecular weight is 327 g/mol. The zero-order chi connectivity index (χ0) is 14.0. The van der Waals surface area contributed by atoms with Gasteiger partial charge in [-0.2, -0.15) is 0 Å². The second kappa shape index (κ2) is 5.21. The number of aliphatic carboxylic acids is 1. The van der Waals surface area contributed by atoms with Crippen molar-refractivity contribution < 1.29 is 14.7 Å². The van der Waals surface area contributed by atoms with Gasteiger partial charge in [0.25, 0.3) is 0 Å². The van der Waals surface area contributed by atoms with E-state index in [4.69, 9.17) is 5.11 Å². The summed E-state index contributed by atoms with van der Waals surface area (Å²) in [5.74, 6) is -0.975. The maximum Gasteiger partial charge on any atom is 0.329 e. The molecule has 2 rings (SSSR count). The fourth-order valence-corrected chi connectivity index (χ4v) is 2.61. The highest BCUT2D eigenvalue weighted by Gasteiger charge is 2.45.